The highest BCUT2D eigenvalue weighted by molar-refractivity contribution is 6.17. The van der Waals surface area contributed by atoms with Crippen LogP contribution < -0.4 is 0 Å². The second-order valence-corrected chi connectivity index (χ2v) is 2.16. The summed E-state index contributed by atoms with van der Waals surface area (Å²) in [4.78, 5) is 0. The fraction of sp³-hybridized carbons (Fsp3) is 1.00. The van der Waals surface area contributed by atoms with Crippen LogP contribution in [0.5, 0.6) is 0 Å². The van der Waals surface area contributed by atoms with Gasteiger partial charge in [0, 0.05) is 13.2 Å². The molecular formula is C4H13O2Si+. The van der Waals surface area contributed by atoms with Crippen molar-refractivity contribution < 1.29 is 10.3 Å². The summed E-state index contributed by atoms with van der Waals surface area (Å²) in [6.07, 6.45) is 0. The molecule has 44 valence electrons. The molecule has 0 saturated heterocycles. The van der Waals surface area contributed by atoms with Gasteiger partial charge >= 0.3 is 11.4 Å². The van der Waals surface area contributed by atoms with Gasteiger partial charge in [0.1, 0.15) is 0 Å². The van der Waals surface area contributed by atoms with Crippen LogP contribution in [0.1, 0.15) is 15.3 Å². The van der Waals surface area contributed by atoms with E-state index in [2.05, 4.69) is 0 Å². The number of rotatable bonds is 4. The fourth-order valence-corrected chi connectivity index (χ4v) is 0.677. The Bertz CT molecular complexity index is 33.2. The van der Waals surface area contributed by atoms with E-state index in [-0.39, 0.29) is 1.43 Å². The van der Waals surface area contributed by atoms with Crippen molar-refractivity contribution in [2.45, 2.75) is 13.8 Å². The summed E-state index contributed by atoms with van der Waals surface area (Å²) in [5, 5.41) is 0. The highest BCUT2D eigenvalue weighted by Gasteiger charge is 1.79. The third-order valence-electron chi connectivity index (χ3n) is 0.575. The van der Waals surface area contributed by atoms with E-state index >= 15 is 0 Å². The number of hydrogen-bond donors (Lipinski definition) is 0. The summed E-state index contributed by atoms with van der Waals surface area (Å²) in [5.41, 5.74) is 0. The van der Waals surface area contributed by atoms with Crippen LogP contribution in [-0.4, -0.2) is 23.2 Å². The molecule has 0 aromatic rings. The quantitative estimate of drug-likeness (QED) is 0.390. The van der Waals surface area contributed by atoms with Gasteiger partial charge in [0.25, 0.3) is 0 Å². The van der Waals surface area contributed by atoms with E-state index in [0.717, 1.165) is 13.2 Å². The minimum absolute atomic E-state index is 0. The molecule has 0 fully saturated rings. The summed E-state index contributed by atoms with van der Waals surface area (Å²) in [6.45, 7) is 5.55. The minimum atomic E-state index is -0.589. The largest absolute Gasteiger partial charge is 1.00 e. The maximum absolute atomic E-state index is 4.99. The SMILES string of the molecule is CCO[SiH2]OCC.[H+]. The van der Waals surface area contributed by atoms with Crippen molar-refractivity contribution in [3.05, 3.63) is 0 Å². The molecule has 0 aromatic heterocycles. The Kier molecular flexibility index (Phi) is 6.26. The Morgan fingerprint density at radius 3 is 2.00 bits per heavy atom. The molecule has 0 aliphatic carbocycles. The Labute approximate surface area is 48.4 Å². The van der Waals surface area contributed by atoms with Crippen LogP contribution >= 0.6 is 0 Å². The van der Waals surface area contributed by atoms with Gasteiger partial charge in [-0.3, -0.25) is 0 Å². The molecule has 0 atom stereocenters. The molecule has 0 amide bonds. The van der Waals surface area contributed by atoms with E-state index in [4.69, 9.17) is 8.85 Å². The van der Waals surface area contributed by atoms with Crippen LogP contribution in [0.15, 0.2) is 0 Å². The molecule has 0 bridgehead atoms. The topological polar surface area (TPSA) is 18.5 Å². The van der Waals surface area contributed by atoms with Gasteiger partial charge in [-0.25, -0.2) is 0 Å². The molecule has 0 saturated carbocycles. The molecule has 2 nitrogen and oxygen atoms in total. The van der Waals surface area contributed by atoms with E-state index in [0.29, 0.717) is 0 Å². The Morgan fingerprint density at radius 2 is 1.71 bits per heavy atom. The average Bonchev–Trinajstić information content (AvgIpc) is 1.69. The maximum Gasteiger partial charge on any atom is 1.00 e. The van der Waals surface area contributed by atoms with E-state index in [1.54, 1.807) is 0 Å². The van der Waals surface area contributed by atoms with Crippen LogP contribution in [0.4, 0.5) is 0 Å². The van der Waals surface area contributed by atoms with Gasteiger partial charge in [-0.15, -0.1) is 0 Å². The lowest BCUT2D eigenvalue weighted by molar-refractivity contribution is 0.240. The third kappa shape index (κ3) is 6.14. The summed E-state index contributed by atoms with van der Waals surface area (Å²) in [7, 11) is -0.589. The first kappa shape index (κ1) is 7.14. The Hall–Kier alpha value is 0.137. The van der Waals surface area contributed by atoms with Crippen LogP contribution in [0, 0.1) is 0 Å². The molecule has 7 heavy (non-hydrogen) atoms. The normalized spacial score (nSPS) is 9.43. The van der Waals surface area contributed by atoms with Crippen molar-refractivity contribution in [2.24, 2.45) is 0 Å². The van der Waals surface area contributed by atoms with Crippen molar-refractivity contribution in [1.82, 2.24) is 0 Å². The zero-order valence-electron chi connectivity index (χ0n) is 5.94. The minimum Gasteiger partial charge on any atom is -0.399 e. The van der Waals surface area contributed by atoms with Crippen LogP contribution in [0.2, 0.25) is 0 Å². The fourth-order valence-electron chi connectivity index (χ4n) is 0.226. The second-order valence-electron chi connectivity index (χ2n) is 1.10. The first-order chi connectivity index (χ1) is 3.41. The van der Waals surface area contributed by atoms with Crippen molar-refractivity contribution in [1.29, 1.82) is 0 Å². The molecule has 0 radical (unpaired) electrons. The molecule has 0 rings (SSSR count). The number of hydrogen-bond acceptors (Lipinski definition) is 2. The van der Waals surface area contributed by atoms with Gasteiger partial charge in [0.2, 0.25) is 0 Å². The van der Waals surface area contributed by atoms with Gasteiger partial charge in [-0.05, 0) is 13.8 Å². The predicted molar refractivity (Wildman–Crippen MR) is 32.9 cm³/mol. The average molecular weight is 121 g/mol. The van der Waals surface area contributed by atoms with Crippen molar-refractivity contribution in [3.8, 4) is 0 Å². The van der Waals surface area contributed by atoms with Crippen molar-refractivity contribution in [3.63, 3.8) is 0 Å². The molecular weight excluding hydrogens is 108 g/mol. The third-order valence-corrected chi connectivity index (χ3v) is 1.72. The first-order valence-corrected chi connectivity index (χ1v) is 3.72. The summed E-state index contributed by atoms with van der Waals surface area (Å²) in [6, 6.07) is 0. The van der Waals surface area contributed by atoms with Crippen LogP contribution in [0.25, 0.3) is 0 Å². The molecule has 0 aromatic carbocycles. The second kappa shape index (κ2) is 6.14. The van der Waals surface area contributed by atoms with Crippen LogP contribution in [0.3, 0.4) is 0 Å². The van der Waals surface area contributed by atoms with E-state index in [1.165, 1.54) is 0 Å². The lowest BCUT2D eigenvalue weighted by Crippen LogP contribution is -2.02. The van der Waals surface area contributed by atoms with Gasteiger partial charge in [-0.1, -0.05) is 0 Å². The van der Waals surface area contributed by atoms with Gasteiger partial charge in [-0.2, -0.15) is 0 Å². The summed E-state index contributed by atoms with van der Waals surface area (Å²) in [5.74, 6) is 0. The molecule has 0 unspecified atom stereocenters. The Balaban J connectivity index is 0. The van der Waals surface area contributed by atoms with E-state index < -0.39 is 10.0 Å². The van der Waals surface area contributed by atoms with Crippen molar-refractivity contribution >= 4 is 10.0 Å². The molecule has 0 heterocycles. The molecule has 3 heteroatoms. The highest BCUT2D eigenvalue weighted by atomic mass is 28.3. The van der Waals surface area contributed by atoms with Crippen molar-refractivity contribution in [2.75, 3.05) is 13.2 Å². The Morgan fingerprint density at radius 1 is 1.29 bits per heavy atom. The van der Waals surface area contributed by atoms with E-state index in [1.807, 2.05) is 13.8 Å². The summed E-state index contributed by atoms with van der Waals surface area (Å²) < 4.78 is 9.98. The first-order valence-electron chi connectivity index (χ1n) is 2.57. The zero-order valence-corrected chi connectivity index (χ0v) is 6.35. The smallest absolute Gasteiger partial charge is 0.399 e. The zero-order chi connectivity index (χ0) is 5.54. The maximum atomic E-state index is 4.99. The van der Waals surface area contributed by atoms with Gasteiger partial charge < -0.3 is 8.85 Å². The highest BCUT2D eigenvalue weighted by Crippen LogP contribution is 1.70. The summed E-state index contributed by atoms with van der Waals surface area (Å²) >= 11 is 0. The van der Waals surface area contributed by atoms with Gasteiger partial charge in [0.05, 0.1) is 0 Å². The molecule has 0 N–H and O–H groups in total. The molecule has 0 aliphatic rings. The predicted octanol–water partition coefficient (Wildman–Crippen LogP) is 0.171. The monoisotopic (exact) mass is 121 g/mol. The standard InChI is InChI=1S/C4H12O2Si/c1-3-5-7-6-4-2/h3-4,7H2,1-2H3/p+1. The lowest BCUT2D eigenvalue weighted by atomic mass is 10.9. The molecule has 0 aliphatic heterocycles. The van der Waals surface area contributed by atoms with E-state index in [9.17, 15) is 0 Å². The lowest BCUT2D eigenvalue weighted by Gasteiger charge is -1.96. The van der Waals surface area contributed by atoms with Crippen LogP contribution in [-0.2, 0) is 8.85 Å². The van der Waals surface area contributed by atoms with Gasteiger partial charge in [0.15, 0.2) is 0 Å². The molecule has 0 spiro atoms.